The van der Waals surface area contributed by atoms with Gasteiger partial charge in [-0.05, 0) is 36.1 Å². The van der Waals surface area contributed by atoms with Gasteiger partial charge in [-0.15, -0.1) is 0 Å². The third-order valence-electron chi connectivity index (χ3n) is 5.47. The molecule has 0 atom stereocenters. The first kappa shape index (κ1) is 20.7. The van der Waals surface area contributed by atoms with Gasteiger partial charge < -0.3 is 9.84 Å². The van der Waals surface area contributed by atoms with Gasteiger partial charge in [-0.1, -0.05) is 42.5 Å². The predicted octanol–water partition coefficient (Wildman–Crippen LogP) is 2.09. The molecule has 0 amide bonds. The minimum Gasteiger partial charge on any atom is -0.478 e. The van der Waals surface area contributed by atoms with E-state index in [2.05, 4.69) is 5.10 Å². The minimum absolute atomic E-state index is 0.0467. The summed E-state index contributed by atoms with van der Waals surface area (Å²) >= 11 is 0. The normalized spacial score (nSPS) is 14.5. The number of carboxylic acid groups (broad SMARTS) is 1. The van der Waals surface area contributed by atoms with Crippen molar-refractivity contribution in [2.45, 2.75) is 31.8 Å². The van der Waals surface area contributed by atoms with Crippen LogP contribution in [0.4, 0.5) is 0 Å². The van der Waals surface area contributed by atoms with Gasteiger partial charge in [0.1, 0.15) is 5.69 Å². The fourth-order valence-corrected chi connectivity index (χ4v) is 3.74. The highest BCUT2D eigenvalue weighted by atomic mass is 16.5. The average molecular weight is 421 g/mol. The zero-order valence-corrected chi connectivity index (χ0v) is 16.9. The lowest BCUT2D eigenvalue weighted by Crippen LogP contribution is -2.45. The van der Waals surface area contributed by atoms with Crippen LogP contribution in [0, 0.1) is 0 Å². The van der Waals surface area contributed by atoms with Crippen molar-refractivity contribution in [1.82, 2.24) is 14.3 Å². The Morgan fingerprint density at radius 2 is 1.61 bits per heavy atom. The molecule has 0 aliphatic carbocycles. The molecule has 3 aromatic rings. The molecule has 0 saturated carbocycles. The predicted molar refractivity (Wildman–Crippen MR) is 114 cm³/mol. The molecule has 2 heterocycles. The van der Waals surface area contributed by atoms with Gasteiger partial charge in [0.15, 0.2) is 0 Å². The molecular formula is C23H23N3O5. The summed E-state index contributed by atoms with van der Waals surface area (Å²) in [4.78, 5) is 37.5. The molecule has 1 N–H and O–H groups in total. The van der Waals surface area contributed by atoms with Crippen LogP contribution < -0.4 is 11.2 Å². The fraction of sp³-hybridized carbons (Fsp3) is 0.304. The monoisotopic (exact) mass is 421 g/mol. The second kappa shape index (κ2) is 9.09. The van der Waals surface area contributed by atoms with Crippen LogP contribution in [0.5, 0.6) is 0 Å². The largest absolute Gasteiger partial charge is 0.478 e. The van der Waals surface area contributed by atoms with Gasteiger partial charge in [0.05, 0.1) is 18.7 Å². The van der Waals surface area contributed by atoms with Crippen molar-refractivity contribution >= 4 is 5.97 Å². The minimum atomic E-state index is -1.03. The molecule has 1 saturated heterocycles. The van der Waals surface area contributed by atoms with E-state index in [9.17, 15) is 14.4 Å². The Labute approximate surface area is 178 Å². The number of benzene rings is 2. The number of nitrogens with zero attached hydrogens (tertiary/aromatic N) is 3. The SMILES string of the molecule is O=C(O)c1ccc(Cn2c(=O)c(C3CCOCC3)nn(Cc3ccccc3)c2=O)cc1. The van der Waals surface area contributed by atoms with Crippen LogP contribution in [0.1, 0.15) is 45.9 Å². The first-order valence-electron chi connectivity index (χ1n) is 10.2. The highest BCUT2D eigenvalue weighted by Gasteiger charge is 2.24. The number of rotatable bonds is 6. The van der Waals surface area contributed by atoms with Crippen molar-refractivity contribution < 1.29 is 14.6 Å². The third-order valence-corrected chi connectivity index (χ3v) is 5.47. The van der Waals surface area contributed by atoms with Crippen LogP contribution in [0.2, 0.25) is 0 Å². The van der Waals surface area contributed by atoms with Crippen molar-refractivity contribution in [1.29, 1.82) is 0 Å². The van der Waals surface area contributed by atoms with Gasteiger partial charge in [-0.3, -0.25) is 9.36 Å². The highest BCUT2D eigenvalue weighted by Crippen LogP contribution is 2.22. The summed E-state index contributed by atoms with van der Waals surface area (Å²) < 4.78 is 7.95. The lowest BCUT2D eigenvalue weighted by Gasteiger charge is -2.22. The molecule has 2 aromatic carbocycles. The summed E-state index contributed by atoms with van der Waals surface area (Å²) in [5, 5.41) is 13.6. The number of hydrogen-bond donors (Lipinski definition) is 1. The number of carbonyl (C=O) groups is 1. The molecule has 1 aromatic heterocycles. The van der Waals surface area contributed by atoms with Crippen molar-refractivity contribution in [3.63, 3.8) is 0 Å². The van der Waals surface area contributed by atoms with Gasteiger partial charge in [-0.2, -0.15) is 5.10 Å². The first-order valence-corrected chi connectivity index (χ1v) is 10.2. The Morgan fingerprint density at radius 1 is 0.968 bits per heavy atom. The molecule has 0 radical (unpaired) electrons. The van der Waals surface area contributed by atoms with Crippen molar-refractivity contribution in [2.75, 3.05) is 13.2 Å². The molecule has 1 aliphatic rings. The Morgan fingerprint density at radius 3 is 2.26 bits per heavy atom. The van der Waals surface area contributed by atoms with Gasteiger partial charge in [0.2, 0.25) is 0 Å². The summed E-state index contributed by atoms with van der Waals surface area (Å²) in [6.45, 7) is 1.42. The quantitative estimate of drug-likeness (QED) is 0.654. The van der Waals surface area contributed by atoms with Gasteiger partial charge in [0.25, 0.3) is 5.56 Å². The van der Waals surface area contributed by atoms with Crippen LogP contribution in [0.15, 0.2) is 64.2 Å². The van der Waals surface area contributed by atoms with E-state index >= 15 is 0 Å². The Kier molecular flexibility index (Phi) is 6.08. The second-order valence-corrected chi connectivity index (χ2v) is 7.59. The zero-order valence-electron chi connectivity index (χ0n) is 16.9. The molecule has 0 unspecified atom stereocenters. The molecule has 160 valence electrons. The number of carboxylic acids is 1. The van der Waals surface area contributed by atoms with Crippen LogP contribution in [-0.4, -0.2) is 38.6 Å². The van der Waals surface area contributed by atoms with Crippen LogP contribution in [0.25, 0.3) is 0 Å². The maximum atomic E-state index is 13.2. The average Bonchev–Trinajstić information content (AvgIpc) is 2.80. The second-order valence-electron chi connectivity index (χ2n) is 7.59. The molecule has 1 aliphatic heterocycles. The van der Waals surface area contributed by atoms with E-state index in [1.807, 2.05) is 30.3 Å². The highest BCUT2D eigenvalue weighted by molar-refractivity contribution is 5.87. The van der Waals surface area contributed by atoms with Crippen molar-refractivity contribution in [3.8, 4) is 0 Å². The lowest BCUT2D eigenvalue weighted by molar-refractivity contribution is 0.0697. The van der Waals surface area contributed by atoms with Crippen molar-refractivity contribution in [2.24, 2.45) is 0 Å². The van der Waals surface area contributed by atoms with Crippen molar-refractivity contribution in [3.05, 3.63) is 97.8 Å². The molecule has 8 nitrogen and oxygen atoms in total. The van der Waals surface area contributed by atoms with Crippen LogP contribution in [-0.2, 0) is 17.8 Å². The molecule has 4 rings (SSSR count). The van der Waals surface area contributed by atoms with Gasteiger partial charge in [0, 0.05) is 19.1 Å². The van der Waals surface area contributed by atoms with Crippen LogP contribution >= 0.6 is 0 Å². The number of ether oxygens (including phenoxy) is 1. The molecule has 0 spiro atoms. The van der Waals surface area contributed by atoms with E-state index in [0.29, 0.717) is 37.3 Å². The fourth-order valence-electron chi connectivity index (χ4n) is 3.74. The van der Waals surface area contributed by atoms with Crippen LogP contribution in [0.3, 0.4) is 0 Å². The standard InChI is InChI=1S/C23H23N3O5/c27-21-20(18-10-12-31-13-11-18)24-26(15-16-4-2-1-3-5-16)23(30)25(21)14-17-6-8-19(9-7-17)22(28)29/h1-9,18H,10-15H2,(H,28,29). The molecule has 8 heteroatoms. The van der Waals surface area contributed by atoms with Gasteiger partial charge in [-0.25, -0.2) is 14.3 Å². The summed E-state index contributed by atoms with van der Waals surface area (Å²) in [7, 11) is 0. The topological polar surface area (TPSA) is 103 Å². The molecular weight excluding hydrogens is 398 g/mol. The molecule has 1 fully saturated rings. The van der Waals surface area contributed by atoms with E-state index < -0.39 is 17.2 Å². The lowest BCUT2D eigenvalue weighted by atomic mass is 9.97. The molecule has 31 heavy (non-hydrogen) atoms. The Balaban J connectivity index is 1.76. The maximum Gasteiger partial charge on any atom is 0.348 e. The number of aromatic carboxylic acids is 1. The van der Waals surface area contributed by atoms with E-state index in [1.54, 1.807) is 12.1 Å². The maximum absolute atomic E-state index is 13.2. The summed E-state index contributed by atoms with van der Waals surface area (Å²) in [6, 6.07) is 15.6. The van der Waals surface area contributed by atoms with E-state index in [4.69, 9.17) is 9.84 Å². The van der Waals surface area contributed by atoms with Gasteiger partial charge >= 0.3 is 11.7 Å². The Bertz CT molecular complexity index is 1180. The molecule has 0 bridgehead atoms. The summed E-state index contributed by atoms with van der Waals surface area (Å²) in [6.07, 6.45) is 1.36. The Hall–Kier alpha value is -3.52. The zero-order chi connectivity index (χ0) is 21.8. The van der Waals surface area contributed by atoms with E-state index in [1.165, 1.54) is 21.4 Å². The summed E-state index contributed by atoms with van der Waals surface area (Å²) in [5.41, 5.74) is 1.21. The summed E-state index contributed by atoms with van der Waals surface area (Å²) in [5.74, 6) is -1.09. The third kappa shape index (κ3) is 4.64. The number of aromatic nitrogens is 3. The smallest absolute Gasteiger partial charge is 0.348 e. The van der Waals surface area contributed by atoms with E-state index in [-0.39, 0.29) is 24.6 Å². The first-order chi connectivity index (χ1) is 15.0. The van der Waals surface area contributed by atoms with E-state index in [0.717, 1.165) is 5.56 Å². The number of hydrogen-bond acceptors (Lipinski definition) is 5.